The van der Waals surface area contributed by atoms with Crippen molar-refractivity contribution < 1.29 is 14.2 Å². The van der Waals surface area contributed by atoms with Gasteiger partial charge in [-0.1, -0.05) is 12.1 Å². The molecule has 0 aliphatic carbocycles. The Hall–Kier alpha value is -1.10. The zero-order valence-corrected chi connectivity index (χ0v) is 10.3. The van der Waals surface area contributed by atoms with E-state index in [1.165, 1.54) is 0 Å². The maximum atomic E-state index is 5.96. The SMILES string of the molecule is CNCC(OC1COC1)c1ccc(OC)cc1. The molecule has 0 saturated carbocycles. The molecule has 0 spiro atoms. The molecule has 94 valence electrons. The van der Waals surface area contributed by atoms with Gasteiger partial charge in [0, 0.05) is 6.54 Å². The molecule has 1 aliphatic heterocycles. The van der Waals surface area contributed by atoms with Gasteiger partial charge in [0.1, 0.15) is 11.9 Å². The lowest BCUT2D eigenvalue weighted by Crippen LogP contribution is -2.38. The highest BCUT2D eigenvalue weighted by Gasteiger charge is 2.24. The maximum Gasteiger partial charge on any atom is 0.118 e. The van der Waals surface area contributed by atoms with E-state index in [0.29, 0.717) is 13.2 Å². The summed E-state index contributed by atoms with van der Waals surface area (Å²) < 4.78 is 16.2. The Bertz CT molecular complexity index is 335. The molecule has 1 N–H and O–H groups in total. The third-order valence-electron chi connectivity index (χ3n) is 2.84. The number of benzene rings is 1. The number of methoxy groups -OCH3 is 1. The van der Waals surface area contributed by atoms with Crippen molar-refractivity contribution in [2.75, 3.05) is 33.9 Å². The van der Waals surface area contributed by atoms with Crippen LogP contribution in [-0.2, 0) is 9.47 Å². The van der Waals surface area contributed by atoms with E-state index in [1.807, 2.05) is 31.3 Å². The summed E-state index contributed by atoms with van der Waals surface area (Å²) in [5.74, 6) is 0.865. The van der Waals surface area contributed by atoms with Gasteiger partial charge in [-0.25, -0.2) is 0 Å². The van der Waals surface area contributed by atoms with Crippen molar-refractivity contribution in [2.45, 2.75) is 12.2 Å². The van der Waals surface area contributed by atoms with Crippen LogP contribution in [0.15, 0.2) is 24.3 Å². The van der Waals surface area contributed by atoms with E-state index < -0.39 is 0 Å². The van der Waals surface area contributed by atoms with Crippen molar-refractivity contribution in [1.29, 1.82) is 0 Å². The van der Waals surface area contributed by atoms with Crippen LogP contribution in [0.4, 0.5) is 0 Å². The molecule has 17 heavy (non-hydrogen) atoms. The molecule has 1 heterocycles. The zero-order valence-electron chi connectivity index (χ0n) is 10.3. The predicted octanol–water partition coefficient (Wildman–Crippen LogP) is 1.37. The number of hydrogen-bond acceptors (Lipinski definition) is 4. The highest BCUT2D eigenvalue weighted by molar-refractivity contribution is 5.28. The Morgan fingerprint density at radius 1 is 1.35 bits per heavy atom. The molecule has 1 saturated heterocycles. The number of nitrogens with one attached hydrogen (secondary N) is 1. The smallest absolute Gasteiger partial charge is 0.118 e. The first-order chi connectivity index (χ1) is 8.33. The number of likely N-dealkylation sites (N-methyl/N-ethyl adjacent to an activating group) is 1. The average molecular weight is 237 g/mol. The molecule has 1 aliphatic rings. The van der Waals surface area contributed by atoms with Gasteiger partial charge in [0.2, 0.25) is 0 Å². The van der Waals surface area contributed by atoms with Crippen LogP contribution in [0.1, 0.15) is 11.7 Å². The van der Waals surface area contributed by atoms with Crippen molar-refractivity contribution in [1.82, 2.24) is 5.32 Å². The normalized spacial score (nSPS) is 17.5. The molecular formula is C13H19NO3. The lowest BCUT2D eigenvalue weighted by atomic mass is 10.1. The quantitative estimate of drug-likeness (QED) is 0.811. The third kappa shape index (κ3) is 3.19. The van der Waals surface area contributed by atoms with Crippen molar-refractivity contribution in [2.24, 2.45) is 0 Å². The minimum absolute atomic E-state index is 0.0693. The molecule has 4 heteroatoms. The minimum Gasteiger partial charge on any atom is -0.497 e. The third-order valence-corrected chi connectivity index (χ3v) is 2.84. The molecule has 1 unspecified atom stereocenters. The van der Waals surface area contributed by atoms with E-state index in [0.717, 1.165) is 17.9 Å². The number of ether oxygens (including phenoxy) is 3. The molecule has 2 rings (SSSR count). The Kier molecular flexibility index (Phi) is 4.36. The van der Waals surface area contributed by atoms with Crippen LogP contribution in [0.3, 0.4) is 0 Å². The van der Waals surface area contributed by atoms with Crippen molar-refractivity contribution >= 4 is 0 Å². The summed E-state index contributed by atoms with van der Waals surface area (Å²) in [5, 5.41) is 3.15. The Balaban J connectivity index is 2.01. The Labute approximate surface area is 102 Å². The van der Waals surface area contributed by atoms with Gasteiger partial charge in [0.05, 0.1) is 26.4 Å². The summed E-state index contributed by atoms with van der Waals surface area (Å²) in [6.07, 6.45) is 0.301. The van der Waals surface area contributed by atoms with E-state index in [-0.39, 0.29) is 12.2 Å². The summed E-state index contributed by atoms with van der Waals surface area (Å²) in [4.78, 5) is 0. The molecule has 1 atom stereocenters. The molecule has 1 fully saturated rings. The van der Waals surface area contributed by atoms with E-state index in [2.05, 4.69) is 5.32 Å². The van der Waals surface area contributed by atoms with E-state index in [4.69, 9.17) is 14.2 Å². The van der Waals surface area contributed by atoms with E-state index >= 15 is 0 Å². The standard InChI is InChI=1S/C13H19NO3/c1-14-7-13(17-12-8-16-9-12)10-3-5-11(15-2)6-4-10/h3-6,12-14H,7-9H2,1-2H3. The summed E-state index contributed by atoms with van der Waals surface area (Å²) in [6, 6.07) is 8.00. The van der Waals surface area contributed by atoms with E-state index in [1.54, 1.807) is 7.11 Å². The molecular weight excluding hydrogens is 218 g/mol. The van der Waals surface area contributed by atoms with Crippen molar-refractivity contribution in [3.05, 3.63) is 29.8 Å². The van der Waals surface area contributed by atoms with Crippen LogP contribution in [0.25, 0.3) is 0 Å². The first-order valence-corrected chi connectivity index (χ1v) is 5.85. The predicted molar refractivity (Wildman–Crippen MR) is 65.4 cm³/mol. The Morgan fingerprint density at radius 2 is 2.06 bits per heavy atom. The first kappa shape index (κ1) is 12.4. The Morgan fingerprint density at radius 3 is 2.53 bits per heavy atom. The number of hydrogen-bond donors (Lipinski definition) is 1. The second-order valence-electron chi connectivity index (χ2n) is 4.12. The highest BCUT2D eigenvalue weighted by Crippen LogP contribution is 2.23. The fourth-order valence-electron chi connectivity index (χ4n) is 1.77. The minimum atomic E-state index is 0.0693. The first-order valence-electron chi connectivity index (χ1n) is 5.85. The van der Waals surface area contributed by atoms with Gasteiger partial charge in [0.25, 0.3) is 0 Å². The second-order valence-corrected chi connectivity index (χ2v) is 4.12. The lowest BCUT2D eigenvalue weighted by molar-refractivity contribution is -0.155. The van der Waals surface area contributed by atoms with Crippen LogP contribution in [-0.4, -0.2) is 40.0 Å². The van der Waals surface area contributed by atoms with Crippen molar-refractivity contribution in [3.8, 4) is 5.75 Å². The van der Waals surface area contributed by atoms with Gasteiger partial charge in [-0.05, 0) is 24.7 Å². The van der Waals surface area contributed by atoms with Gasteiger partial charge in [0.15, 0.2) is 0 Å². The van der Waals surface area contributed by atoms with Gasteiger partial charge in [-0.15, -0.1) is 0 Å². The number of rotatable bonds is 6. The monoisotopic (exact) mass is 237 g/mol. The summed E-state index contributed by atoms with van der Waals surface area (Å²) >= 11 is 0. The second kappa shape index (κ2) is 6.00. The van der Waals surface area contributed by atoms with Gasteiger partial charge in [-0.2, -0.15) is 0 Å². The molecule has 0 amide bonds. The fraction of sp³-hybridized carbons (Fsp3) is 0.538. The molecule has 0 bridgehead atoms. The molecule has 1 aromatic rings. The highest BCUT2D eigenvalue weighted by atomic mass is 16.6. The topological polar surface area (TPSA) is 39.7 Å². The lowest BCUT2D eigenvalue weighted by Gasteiger charge is -2.30. The summed E-state index contributed by atoms with van der Waals surface area (Å²) in [6.45, 7) is 2.20. The molecule has 0 aromatic heterocycles. The van der Waals surface area contributed by atoms with Gasteiger partial charge < -0.3 is 19.5 Å². The van der Waals surface area contributed by atoms with Crippen LogP contribution in [0.2, 0.25) is 0 Å². The van der Waals surface area contributed by atoms with Crippen LogP contribution in [0, 0.1) is 0 Å². The largest absolute Gasteiger partial charge is 0.497 e. The van der Waals surface area contributed by atoms with Crippen LogP contribution in [0.5, 0.6) is 5.75 Å². The maximum absolute atomic E-state index is 5.96. The zero-order chi connectivity index (χ0) is 12.1. The molecule has 4 nitrogen and oxygen atoms in total. The van der Waals surface area contributed by atoms with Crippen LogP contribution >= 0.6 is 0 Å². The average Bonchev–Trinajstić information content (AvgIpc) is 2.32. The van der Waals surface area contributed by atoms with Crippen molar-refractivity contribution in [3.63, 3.8) is 0 Å². The molecule has 1 aromatic carbocycles. The van der Waals surface area contributed by atoms with Gasteiger partial charge in [-0.3, -0.25) is 0 Å². The summed E-state index contributed by atoms with van der Waals surface area (Å²) in [5.41, 5.74) is 1.16. The van der Waals surface area contributed by atoms with Gasteiger partial charge >= 0.3 is 0 Å². The summed E-state index contributed by atoms with van der Waals surface area (Å²) in [7, 11) is 3.60. The van der Waals surface area contributed by atoms with E-state index in [9.17, 15) is 0 Å². The molecule has 0 radical (unpaired) electrons. The van der Waals surface area contributed by atoms with Crippen LogP contribution < -0.4 is 10.1 Å². The fourth-order valence-corrected chi connectivity index (χ4v) is 1.77.